The third-order valence-corrected chi connectivity index (χ3v) is 5.52. The van der Waals surface area contributed by atoms with Gasteiger partial charge in [-0.3, -0.25) is 0 Å². The van der Waals surface area contributed by atoms with Crippen LogP contribution in [0.5, 0.6) is 0 Å². The lowest BCUT2D eigenvalue weighted by molar-refractivity contribution is 1.10. The molecule has 3 aromatic rings. The summed E-state index contributed by atoms with van der Waals surface area (Å²) in [6.07, 6.45) is 1.97. The van der Waals surface area contributed by atoms with Crippen LogP contribution in [0.15, 0.2) is 48.5 Å². The van der Waals surface area contributed by atoms with E-state index >= 15 is 0 Å². The smallest absolute Gasteiger partial charge is 0.0409 e. The molecule has 0 unspecified atom stereocenters. The van der Waals surface area contributed by atoms with Gasteiger partial charge in [0.15, 0.2) is 0 Å². The molecule has 0 heterocycles. The van der Waals surface area contributed by atoms with E-state index in [1.807, 2.05) is 24.3 Å². The van der Waals surface area contributed by atoms with Gasteiger partial charge in [-0.2, -0.15) is 0 Å². The Morgan fingerprint density at radius 2 is 0.962 bits per heavy atom. The summed E-state index contributed by atoms with van der Waals surface area (Å²) in [4.78, 5) is 0. The van der Waals surface area contributed by atoms with Gasteiger partial charge in [0.05, 0.1) is 0 Å². The number of aryl methyl sites for hydroxylation is 4. The van der Waals surface area contributed by atoms with Crippen molar-refractivity contribution >= 4 is 23.2 Å². The van der Waals surface area contributed by atoms with Crippen LogP contribution >= 0.6 is 23.2 Å². The number of hydrogen-bond donors (Lipinski definition) is 0. The van der Waals surface area contributed by atoms with Crippen LogP contribution < -0.4 is 0 Å². The fraction of sp³-hybridized carbons (Fsp3) is 0.250. The summed E-state index contributed by atoms with van der Waals surface area (Å²) >= 11 is 12.3. The first-order chi connectivity index (χ1) is 12.4. The Morgan fingerprint density at radius 3 is 1.27 bits per heavy atom. The molecule has 0 bridgehead atoms. The third-order valence-electron chi connectivity index (χ3n) is 5.05. The molecule has 0 radical (unpaired) electrons. The molecule has 0 nitrogen and oxygen atoms in total. The maximum atomic E-state index is 6.16. The first-order valence-electron chi connectivity index (χ1n) is 9.13. The highest BCUT2D eigenvalue weighted by Gasteiger charge is 2.14. The molecule has 0 aliphatic rings. The maximum Gasteiger partial charge on any atom is 0.0409 e. The van der Waals surface area contributed by atoms with E-state index in [-0.39, 0.29) is 0 Å². The van der Waals surface area contributed by atoms with Crippen LogP contribution in [0.2, 0.25) is 10.0 Å². The second kappa shape index (κ2) is 7.86. The van der Waals surface area contributed by atoms with E-state index in [0.29, 0.717) is 0 Å². The lowest BCUT2D eigenvalue weighted by Crippen LogP contribution is -1.97. The molecule has 0 aliphatic heterocycles. The van der Waals surface area contributed by atoms with Gasteiger partial charge in [0.2, 0.25) is 0 Å². The molecule has 0 saturated carbocycles. The Bertz CT molecular complexity index is 875. The highest BCUT2D eigenvalue weighted by atomic mass is 35.5. The fourth-order valence-electron chi connectivity index (χ4n) is 3.63. The van der Waals surface area contributed by atoms with Gasteiger partial charge in [-0.15, -0.1) is 0 Å². The Kier molecular flexibility index (Phi) is 5.75. The SMILES string of the molecule is CCc1cc(-c2ccc(Cl)cc2C)c(CC)cc1-c1ccc(Cl)cc1C. The van der Waals surface area contributed by atoms with E-state index in [0.717, 1.165) is 22.9 Å². The van der Waals surface area contributed by atoms with Gasteiger partial charge in [0.25, 0.3) is 0 Å². The molecule has 2 heteroatoms. The maximum absolute atomic E-state index is 6.16. The summed E-state index contributed by atoms with van der Waals surface area (Å²) in [7, 11) is 0. The molecule has 3 aromatic carbocycles. The average Bonchev–Trinajstić information content (AvgIpc) is 2.61. The Hall–Kier alpha value is -1.76. The predicted molar refractivity (Wildman–Crippen MR) is 116 cm³/mol. The second-order valence-corrected chi connectivity index (χ2v) is 7.66. The van der Waals surface area contributed by atoms with E-state index < -0.39 is 0 Å². The first-order valence-corrected chi connectivity index (χ1v) is 9.89. The molecule has 0 aromatic heterocycles. The van der Waals surface area contributed by atoms with E-state index in [4.69, 9.17) is 23.2 Å². The van der Waals surface area contributed by atoms with Crippen molar-refractivity contribution in [1.29, 1.82) is 0 Å². The molecule has 0 N–H and O–H groups in total. The van der Waals surface area contributed by atoms with Crippen LogP contribution in [0.25, 0.3) is 22.3 Å². The van der Waals surface area contributed by atoms with E-state index in [2.05, 4.69) is 52.0 Å². The minimum atomic E-state index is 0.786. The average molecular weight is 383 g/mol. The number of rotatable bonds is 4. The third kappa shape index (κ3) is 3.68. The van der Waals surface area contributed by atoms with Crippen LogP contribution in [0.4, 0.5) is 0 Å². The standard InChI is InChI=1S/C24H24Cl2/c1-5-17-13-24(22-10-8-20(26)12-16(22)4)18(6-2)14-23(17)21-9-7-19(25)11-15(21)3/h7-14H,5-6H2,1-4H3. The fourth-order valence-corrected chi connectivity index (χ4v) is 4.09. The highest BCUT2D eigenvalue weighted by molar-refractivity contribution is 6.31. The minimum Gasteiger partial charge on any atom is -0.0843 e. The lowest BCUT2D eigenvalue weighted by atomic mass is 9.86. The zero-order chi connectivity index (χ0) is 18.8. The van der Waals surface area contributed by atoms with Gasteiger partial charge >= 0.3 is 0 Å². The summed E-state index contributed by atoms with van der Waals surface area (Å²) in [6.45, 7) is 8.69. The summed E-state index contributed by atoms with van der Waals surface area (Å²) < 4.78 is 0. The molecule has 0 atom stereocenters. The minimum absolute atomic E-state index is 0.786. The van der Waals surface area contributed by atoms with Crippen molar-refractivity contribution in [2.45, 2.75) is 40.5 Å². The van der Waals surface area contributed by atoms with Gasteiger partial charge in [-0.25, -0.2) is 0 Å². The van der Waals surface area contributed by atoms with Crippen LogP contribution in [0.3, 0.4) is 0 Å². The quantitative estimate of drug-likeness (QED) is 0.427. The van der Waals surface area contributed by atoms with Crippen molar-refractivity contribution < 1.29 is 0 Å². The molecule has 134 valence electrons. The zero-order valence-corrected chi connectivity index (χ0v) is 17.3. The van der Waals surface area contributed by atoms with E-state index in [1.54, 1.807) is 0 Å². The van der Waals surface area contributed by atoms with Crippen LogP contribution in [0.1, 0.15) is 36.1 Å². The second-order valence-electron chi connectivity index (χ2n) is 6.79. The topological polar surface area (TPSA) is 0 Å². The van der Waals surface area contributed by atoms with Gasteiger partial charge in [0.1, 0.15) is 0 Å². The molecule has 26 heavy (non-hydrogen) atoms. The van der Waals surface area contributed by atoms with E-state index in [1.165, 1.54) is 44.5 Å². The highest BCUT2D eigenvalue weighted by Crippen LogP contribution is 2.36. The molecule has 0 spiro atoms. The summed E-state index contributed by atoms with van der Waals surface area (Å²) in [5.74, 6) is 0. The number of hydrogen-bond acceptors (Lipinski definition) is 0. The first kappa shape index (κ1) is 19.0. The molecule has 0 saturated heterocycles. The van der Waals surface area contributed by atoms with Crippen molar-refractivity contribution in [3.63, 3.8) is 0 Å². The predicted octanol–water partition coefficient (Wildman–Crippen LogP) is 8.07. The van der Waals surface area contributed by atoms with Crippen LogP contribution in [0, 0.1) is 13.8 Å². The van der Waals surface area contributed by atoms with Gasteiger partial charge in [-0.1, -0.05) is 61.3 Å². The largest absolute Gasteiger partial charge is 0.0843 e. The van der Waals surface area contributed by atoms with Gasteiger partial charge < -0.3 is 0 Å². The molecule has 0 aliphatic carbocycles. The van der Waals surface area contributed by atoms with Crippen LogP contribution in [-0.4, -0.2) is 0 Å². The van der Waals surface area contributed by atoms with Crippen molar-refractivity contribution in [2.75, 3.05) is 0 Å². The van der Waals surface area contributed by atoms with Crippen molar-refractivity contribution in [3.05, 3.63) is 80.8 Å². The van der Waals surface area contributed by atoms with Gasteiger partial charge in [-0.05, 0) is 95.5 Å². The molecule has 0 fully saturated rings. The number of benzene rings is 3. The molecular weight excluding hydrogens is 359 g/mol. The zero-order valence-electron chi connectivity index (χ0n) is 15.8. The normalized spacial score (nSPS) is 11.0. The summed E-state index contributed by atoms with van der Waals surface area (Å²) in [6, 6.07) is 17.0. The molecule has 0 amide bonds. The lowest BCUT2D eigenvalue weighted by Gasteiger charge is -2.18. The summed E-state index contributed by atoms with van der Waals surface area (Å²) in [5, 5.41) is 1.57. The van der Waals surface area contributed by atoms with Crippen molar-refractivity contribution in [1.82, 2.24) is 0 Å². The summed E-state index contributed by atoms with van der Waals surface area (Å²) in [5.41, 5.74) is 10.3. The van der Waals surface area contributed by atoms with Crippen molar-refractivity contribution in [2.24, 2.45) is 0 Å². The monoisotopic (exact) mass is 382 g/mol. The Morgan fingerprint density at radius 1 is 0.577 bits per heavy atom. The molecule has 3 rings (SSSR count). The Balaban J connectivity index is 2.24. The number of halogens is 2. The Labute approximate surface area is 166 Å². The van der Waals surface area contributed by atoms with Crippen LogP contribution in [-0.2, 0) is 12.8 Å². The van der Waals surface area contributed by atoms with Gasteiger partial charge in [0, 0.05) is 10.0 Å². The van der Waals surface area contributed by atoms with E-state index in [9.17, 15) is 0 Å². The van der Waals surface area contributed by atoms with Crippen molar-refractivity contribution in [3.8, 4) is 22.3 Å². The molecular formula is C24H24Cl2.